The van der Waals surface area contributed by atoms with Gasteiger partial charge in [0, 0.05) is 15.5 Å². The van der Waals surface area contributed by atoms with Crippen molar-refractivity contribution < 1.29 is 8.42 Å². The van der Waals surface area contributed by atoms with E-state index in [0.29, 0.717) is 9.50 Å². The number of nitrogens with one attached hydrogen (secondary N) is 1. The van der Waals surface area contributed by atoms with Gasteiger partial charge in [0.05, 0.1) is 4.90 Å². The molecule has 0 aromatic heterocycles. The van der Waals surface area contributed by atoms with Crippen molar-refractivity contribution in [3.8, 4) is 0 Å². The van der Waals surface area contributed by atoms with Crippen LogP contribution in [0.5, 0.6) is 0 Å². The molecule has 0 radical (unpaired) electrons. The van der Waals surface area contributed by atoms with Gasteiger partial charge in [0.2, 0.25) is 10.0 Å². The van der Waals surface area contributed by atoms with E-state index in [1.54, 1.807) is 49.4 Å². The Hall–Kier alpha value is -0.880. The van der Waals surface area contributed by atoms with Crippen LogP contribution in [0.25, 0.3) is 0 Å². The lowest BCUT2D eigenvalue weighted by Gasteiger charge is -2.15. The zero-order valence-electron chi connectivity index (χ0n) is 10.7. The number of rotatable bonds is 4. The van der Waals surface area contributed by atoms with E-state index in [-0.39, 0.29) is 10.9 Å². The minimum atomic E-state index is -3.59. The fraction of sp³-hybridized carbons (Fsp3) is 0.143. The van der Waals surface area contributed by atoms with Crippen LogP contribution in [-0.2, 0) is 10.0 Å². The van der Waals surface area contributed by atoms with Crippen LogP contribution in [0.3, 0.4) is 0 Å². The monoisotopic (exact) mass is 373 g/mol. The first-order valence-electron chi connectivity index (χ1n) is 5.92. The molecule has 0 aliphatic rings. The molecule has 0 saturated heterocycles. The predicted octanol–water partition coefficient (Wildman–Crippen LogP) is 4.14. The van der Waals surface area contributed by atoms with Gasteiger partial charge in [-0.2, -0.15) is 0 Å². The first-order chi connectivity index (χ1) is 9.40. The van der Waals surface area contributed by atoms with Crippen LogP contribution in [0.2, 0.25) is 5.02 Å². The molecule has 2 aromatic carbocycles. The maximum Gasteiger partial charge on any atom is 0.242 e. The number of hydrogen-bond donors (Lipinski definition) is 1. The molecule has 0 fully saturated rings. The van der Waals surface area contributed by atoms with Crippen LogP contribution < -0.4 is 4.72 Å². The molecule has 0 bridgehead atoms. The number of sulfonamides is 1. The maximum atomic E-state index is 12.3. The summed E-state index contributed by atoms with van der Waals surface area (Å²) in [5, 5.41) is 0.578. The second-order valence-corrected chi connectivity index (χ2v) is 7.30. The van der Waals surface area contributed by atoms with Gasteiger partial charge < -0.3 is 0 Å². The average molecular weight is 375 g/mol. The number of benzene rings is 2. The molecule has 1 N–H and O–H groups in total. The predicted molar refractivity (Wildman–Crippen MR) is 84.3 cm³/mol. The summed E-state index contributed by atoms with van der Waals surface area (Å²) in [5.41, 5.74) is 0.813. The Bertz CT molecular complexity index is 719. The molecule has 6 heteroatoms. The zero-order valence-corrected chi connectivity index (χ0v) is 13.8. The van der Waals surface area contributed by atoms with Crippen molar-refractivity contribution in [3.05, 3.63) is 63.6 Å². The van der Waals surface area contributed by atoms with E-state index < -0.39 is 10.0 Å². The Morgan fingerprint density at radius 1 is 1.15 bits per heavy atom. The molecule has 3 nitrogen and oxygen atoms in total. The van der Waals surface area contributed by atoms with Gasteiger partial charge in [0.15, 0.2) is 0 Å². The molecule has 0 heterocycles. The number of hydrogen-bond acceptors (Lipinski definition) is 2. The third kappa shape index (κ3) is 3.61. The van der Waals surface area contributed by atoms with Crippen molar-refractivity contribution in [2.24, 2.45) is 0 Å². The second kappa shape index (κ2) is 6.26. The van der Waals surface area contributed by atoms with Crippen molar-refractivity contribution in [3.63, 3.8) is 0 Å². The molecule has 0 aliphatic heterocycles. The lowest BCUT2D eigenvalue weighted by molar-refractivity contribution is 0.566. The SMILES string of the molecule is C[C@@H](NS(=O)(=O)c1ccccc1Br)c1cccc(Cl)c1. The van der Waals surface area contributed by atoms with Gasteiger partial charge in [0.25, 0.3) is 0 Å². The lowest BCUT2D eigenvalue weighted by atomic mass is 10.1. The molecule has 0 saturated carbocycles. The van der Waals surface area contributed by atoms with Crippen molar-refractivity contribution in [1.29, 1.82) is 0 Å². The molecule has 0 amide bonds. The van der Waals surface area contributed by atoms with Crippen LogP contribution in [0.1, 0.15) is 18.5 Å². The fourth-order valence-electron chi connectivity index (χ4n) is 1.80. The highest BCUT2D eigenvalue weighted by atomic mass is 79.9. The summed E-state index contributed by atoms with van der Waals surface area (Å²) < 4.78 is 27.9. The van der Waals surface area contributed by atoms with Gasteiger partial charge in [-0.15, -0.1) is 0 Å². The third-order valence-corrected chi connectivity index (χ3v) is 5.59. The van der Waals surface area contributed by atoms with Crippen LogP contribution in [0.15, 0.2) is 57.9 Å². The molecule has 20 heavy (non-hydrogen) atoms. The Kier molecular flexibility index (Phi) is 4.86. The summed E-state index contributed by atoms with van der Waals surface area (Å²) >= 11 is 9.17. The molecule has 0 unspecified atom stereocenters. The summed E-state index contributed by atoms with van der Waals surface area (Å²) in [4.78, 5) is 0.217. The molecule has 106 valence electrons. The Morgan fingerprint density at radius 2 is 1.85 bits per heavy atom. The van der Waals surface area contributed by atoms with Crippen LogP contribution >= 0.6 is 27.5 Å². The summed E-state index contributed by atoms with van der Waals surface area (Å²) in [6.07, 6.45) is 0. The highest BCUT2D eigenvalue weighted by molar-refractivity contribution is 9.10. The minimum Gasteiger partial charge on any atom is -0.207 e. The summed E-state index contributed by atoms with van der Waals surface area (Å²) in [6, 6.07) is 13.4. The molecular weight excluding hydrogens is 362 g/mol. The summed E-state index contributed by atoms with van der Waals surface area (Å²) in [7, 11) is -3.59. The van der Waals surface area contributed by atoms with E-state index in [4.69, 9.17) is 11.6 Å². The van der Waals surface area contributed by atoms with Crippen LogP contribution in [-0.4, -0.2) is 8.42 Å². The Labute approximate surface area is 132 Å². The van der Waals surface area contributed by atoms with Crippen molar-refractivity contribution in [1.82, 2.24) is 4.72 Å². The normalized spacial score (nSPS) is 13.2. The summed E-state index contributed by atoms with van der Waals surface area (Å²) in [6.45, 7) is 1.78. The Morgan fingerprint density at radius 3 is 2.50 bits per heavy atom. The van der Waals surface area contributed by atoms with E-state index >= 15 is 0 Å². The van der Waals surface area contributed by atoms with Crippen molar-refractivity contribution in [2.75, 3.05) is 0 Å². The molecule has 2 rings (SSSR count). The van der Waals surface area contributed by atoms with Crippen LogP contribution in [0.4, 0.5) is 0 Å². The third-order valence-electron chi connectivity index (χ3n) is 2.81. The maximum absolute atomic E-state index is 12.3. The molecule has 0 spiro atoms. The van der Waals surface area contributed by atoms with Gasteiger partial charge in [-0.05, 0) is 52.7 Å². The van der Waals surface area contributed by atoms with E-state index in [1.807, 2.05) is 6.07 Å². The number of halogens is 2. The minimum absolute atomic E-state index is 0.217. The van der Waals surface area contributed by atoms with Gasteiger partial charge >= 0.3 is 0 Å². The van der Waals surface area contributed by atoms with Gasteiger partial charge in [-0.25, -0.2) is 13.1 Å². The van der Waals surface area contributed by atoms with Gasteiger partial charge in [-0.1, -0.05) is 35.9 Å². The standard InChI is InChI=1S/C14H13BrClNO2S/c1-10(11-5-4-6-12(16)9-11)17-20(18,19)14-8-3-2-7-13(14)15/h2-10,17H,1H3/t10-/m1/s1. The van der Waals surface area contributed by atoms with Gasteiger partial charge in [-0.3, -0.25) is 0 Å². The van der Waals surface area contributed by atoms with E-state index in [1.165, 1.54) is 0 Å². The smallest absolute Gasteiger partial charge is 0.207 e. The highest BCUT2D eigenvalue weighted by Crippen LogP contribution is 2.24. The molecular formula is C14H13BrClNO2S. The lowest BCUT2D eigenvalue weighted by Crippen LogP contribution is -2.27. The van der Waals surface area contributed by atoms with Crippen molar-refractivity contribution in [2.45, 2.75) is 17.9 Å². The zero-order chi connectivity index (χ0) is 14.8. The van der Waals surface area contributed by atoms with Gasteiger partial charge in [0.1, 0.15) is 0 Å². The average Bonchev–Trinajstić information content (AvgIpc) is 2.38. The molecule has 2 aromatic rings. The quantitative estimate of drug-likeness (QED) is 0.874. The first kappa shape index (κ1) is 15.5. The Balaban J connectivity index is 2.27. The fourth-order valence-corrected chi connectivity index (χ4v) is 4.24. The largest absolute Gasteiger partial charge is 0.242 e. The topological polar surface area (TPSA) is 46.2 Å². The van der Waals surface area contributed by atoms with E-state index in [9.17, 15) is 8.42 Å². The van der Waals surface area contributed by atoms with E-state index in [2.05, 4.69) is 20.7 Å². The molecule has 1 atom stereocenters. The van der Waals surface area contributed by atoms with Crippen LogP contribution in [0, 0.1) is 0 Å². The molecule has 0 aliphatic carbocycles. The van der Waals surface area contributed by atoms with Crippen molar-refractivity contribution >= 4 is 37.6 Å². The van der Waals surface area contributed by atoms with E-state index in [0.717, 1.165) is 5.56 Å². The first-order valence-corrected chi connectivity index (χ1v) is 8.58. The second-order valence-electron chi connectivity index (χ2n) is 4.33. The highest BCUT2D eigenvalue weighted by Gasteiger charge is 2.20. The summed E-state index contributed by atoms with van der Waals surface area (Å²) in [5.74, 6) is 0.